The largest absolute Gasteiger partial charge is 0.439 e. The lowest BCUT2D eigenvalue weighted by atomic mass is 9.90. The molecule has 1 aliphatic heterocycles. The standard InChI is InChI=1S/C19H25NO4/c1-5-16(21)15(11-12(2)3)18(22)20-13(4)17(24-19(20)23)14-9-7-6-8-10-14/h5-10,12-13,15-17,21H,1,11H2,2-4H3. The number of ether oxygens (including phenoxy) is 1. The molecular formula is C19H25NO4. The molecule has 1 fully saturated rings. The molecule has 2 rings (SSSR count). The summed E-state index contributed by atoms with van der Waals surface area (Å²) >= 11 is 0. The van der Waals surface area contributed by atoms with Crippen LogP contribution in [0.3, 0.4) is 0 Å². The van der Waals surface area contributed by atoms with E-state index in [2.05, 4.69) is 6.58 Å². The van der Waals surface area contributed by atoms with Gasteiger partial charge < -0.3 is 9.84 Å². The number of cyclic esters (lactones) is 1. The monoisotopic (exact) mass is 331 g/mol. The topological polar surface area (TPSA) is 66.8 Å². The molecule has 1 N–H and O–H groups in total. The van der Waals surface area contributed by atoms with Crippen molar-refractivity contribution in [2.75, 3.05) is 0 Å². The number of hydrogen-bond acceptors (Lipinski definition) is 4. The fourth-order valence-corrected chi connectivity index (χ4v) is 3.08. The number of amides is 2. The Bertz CT molecular complexity index is 599. The summed E-state index contributed by atoms with van der Waals surface area (Å²) < 4.78 is 5.42. The average Bonchev–Trinajstić information content (AvgIpc) is 2.86. The summed E-state index contributed by atoms with van der Waals surface area (Å²) in [7, 11) is 0. The zero-order chi connectivity index (χ0) is 17.9. The van der Waals surface area contributed by atoms with E-state index in [1.807, 2.05) is 44.2 Å². The molecule has 0 radical (unpaired) electrons. The van der Waals surface area contributed by atoms with Crippen LogP contribution in [0.4, 0.5) is 4.79 Å². The van der Waals surface area contributed by atoms with Crippen LogP contribution in [0.2, 0.25) is 0 Å². The fourth-order valence-electron chi connectivity index (χ4n) is 3.08. The summed E-state index contributed by atoms with van der Waals surface area (Å²) in [4.78, 5) is 26.3. The highest BCUT2D eigenvalue weighted by molar-refractivity contribution is 5.95. The van der Waals surface area contributed by atoms with E-state index in [0.29, 0.717) is 6.42 Å². The highest BCUT2D eigenvalue weighted by Gasteiger charge is 2.46. The molecule has 4 atom stereocenters. The Morgan fingerprint density at radius 3 is 2.54 bits per heavy atom. The van der Waals surface area contributed by atoms with Crippen LogP contribution in [-0.2, 0) is 9.53 Å². The first-order valence-corrected chi connectivity index (χ1v) is 8.26. The number of nitrogens with zero attached hydrogens (tertiary/aromatic N) is 1. The smallest absolute Gasteiger partial charge is 0.417 e. The third-order valence-corrected chi connectivity index (χ3v) is 4.33. The van der Waals surface area contributed by atoms with Crippen LogP contribution in [0.25, 0.3) is 0 Å². The number of carbonyl (C=O) groups excluding carboxylic acids is 2. The summed E-state index contributed by atoms with van der Waals surface area (Å²) in [6.07, 6.45) is -0.338. The lowest BCUT2D eigenvalue weighted by Gasteiger charge is -2.27. The molecule has 0 bridgehead atoms. The first kappa shape index (κ1) is 18.2. The van der Waals surface area contributed by atoms with Crippen LogP contribution in [0.5, 0.6) is 0 Å². The van der Waals surface area contributed by atoms with Crippen molar-refractivity contribution in [3.05, 3.63) is 48.6 Å². The first-order valence-electron chi connectivity index (χ1n) is 8.26. The van der Waals surface area contributed by atoms with Crippen LogP contribution in [0, 0.1) is 11.8 Å². The van der Waals surface area contributed by atoms with Crippen molar-refractivity contribution < 1.29 is 19.4 Å². The van der Waals surface area contributed by atoms with E-state index < -0.39 is 36.2 Å². The quantitative estimate of drug-likeness (QED) is 0.812. The maximum atomic E-state index is 12.9. The molecule has 0 spiro atoms. The second-order valence-corrected chi connectivity index (χ2v) is 6.63. The number of hydrogen-bond donors (Lipinski definition) is 1. The first-order chi connectivity index (χ1) is 11.4. The Hall–Kier alpha value is -2.14. The lowest BCUT2D eigenvalue weighted by molar-refractivity contribution is -0.136. The minimum atomic E-state index is -0.990. The SMILES string of the molecule is C=CC(O)C(CC(C)C)C(=O)N1C(=O)OC(c2ccccc2)C1C. The van der Waals surface area contributed by atoms with Gasteiger partial charge in [0.2, 0.25) is 5.91 Å². The van der Waals surface area contributed by atoms with Gasteiger partial charge in [0, 0.05) is 0 Å². The van der Waals surface area contributed by atoms with Gasteiger partial charge in [0.1, 0.15) is 6.10 Å². The second kappa shape index (κ2) is 7.62. The molecule has 4 unspecified atom stereocenters. The van der Waals surface area contributed by atoms with Gasteiger partial charge in [-0.3, -0.25) is 4.79 Å². The maximum absolute atomic E-state index is 12.9. The Morgan fingerprint density at radius 1 is 1.38 bits per heavy atom. The van der Waals surface area contributed by atoms with E-state index >= 15 is 0 Å². The second-order valence-electron chi connectivity index (χ2n) is 6.63. The minimum Gasteiger partial charge on any atom is -0.439 e. The number of aliphatic hydroxyl groups is 1. The van der Waals surface area contributed by atoms with E-state index in [4.69, 9.17) is 4.74 Å². The highest BCUT2D eigenvalue weighted by Crippen LogP contribution is 2.34. The van der Waals surface area contributed by atoms with Crippen molar-refractivity contribution in [3.8, 4) is 0 Å². The maximum Gasteiger partial charge on any atom is 0.417 e. The normalized spacial score (nSPS) is 23.0. The van der Waals surface area contributed by atoms with Gasteiger partial charge in [-0.15, -0.1) is 6.58 Å². The van der Waals surface area contributed by atoms with E-state index in [0.717, 1.165) is 10.5 Å². The highest BCUT2D eigenvalue weighted by atomic mass is 16.6. The molecule has 24 heavy (non-hydrogen) atoms. The zero-order valence-electron chi connectivity index (χ0n) is 14.4. The summed E-state index contributed by atoms with van der Waals surface area (Å²) in [6, 6.07) is 8.91. The van der Waals surface area contributed by atoms with Gasteiger partial charge in [-0.2, -0.15) is 0 Å². The Kier molecular flexibility index (Phi) is 5.78. The van der Waals surface area contributed by atoms with E-state index in [1.54, 1.807) is 6.92 Å². The van der Waals surface area contributed by atoms with Crippen molar-refractivity contribution >= 4 is 12.0 Å². The fraction of sp³-hybridized carbons (Fsp3) is 0.474. The van der Waals surface area contributed by atoms with E-state index in [9.17, 15) is 14.7 Å². The van der Waals surface area contributed by atoms with Crippen molar-refractivity contribution in [2.45, 2.75) is 45.4 Å². The number of benzene rings is 1. The van der Waals surface area contributed by atoms with Gasteiger partial charge in [0.25, 0.3) is 0 Å². The van der Waals surface area contributed by atoms with Gasteiger partial charge in [-0.05, 0) is 24.8 Å². The minimum absolute atomic E-state index is 0.201. The molecule has 1 heterocycles. The van der Waals surface area contributed by atoms with Crippen LogP contribution in [0.1, 0.15) is 38.9 Å². The van der Waals surface area contributed by atoms with E-state index in [-0.39, 0.29) is 5.92 Å². The summed E-state index contributed by atoms with van der Waals surface area (Å²) in [5.41, 5.74) is 0.846. The number of rotatable bonds is 6. The van der Waals surface area contributed by atoms with Gasteiger partial charge in [0.15, 0.2) is 0 Å². The zero-order valence-corrected chi connectivity index (χ0v) is 14.4. The molecular weight excluding hydrogens is 306 g/mol. The number of aliphatic hydroxyl groups excluding tert-OH is 1. The lowest BCUT2D eigenvalue weighted by Crippen LogP contribution is -2.45. The van der Waals surface area contributed by atoms with E-state index in [1.165, 1.54) is 6.08 Å². The number of imide groups is 1. The van der Waals surface area contributed by atoms with Crippen LogP contribution in [0.15, 0.2) is 43.0 Å². The molecule has 2 amide bonds. The van der Waals surface area contributed by atoms with Gasteiger partial charge in [-0.1, -0.05) is 50.3 Å². The molecule has 0 aliphatic carbocycles. The molecule has 5 nitrogen and oxygen atoms in total. The van der Waals surface area contributed by atoms with Crippen LogP contribution >= 0.6 is 0 Å². The molecule has 1 aliphatic rings. The molecule has 1 aromatic rings. The van der Waals surface area contributed by atoms with Crippen molar-refractivity contribution in [1.82, 2.24) is 4.90 Å². The number of carbonyl (C=O) groups is 2. The molecule has 130 valence electrons. The predicted octanol–water partition coefficient (Wildman–Crippen LogP) is 3.30. The molecule has 1 aromatic carbocycles. The van der Waals surface area contributed by atoms with Gasteiger partial charge in [-0.25, -0.2) is 9.69 Å². The predicted molar refractivity (Wildman–Crippen MR) is 91.1 cm³/mol. The third-order valence-electron chi connectivity index (χ3n) is 4.33. The van der Waals surface area contributed by atoms with Crippen molar-refractivity contribution in [3.63, 3.8) is 0 Å². The average molecular weight is 331 g/mol. The van der Waals surface area contributed by atoms with Gasteiger partial charge >= 0.3 is 6.09 Å². The molecule has 5 heteroatoms. The molecule has 0 aromatic heterocycles. The Labute approximate surface area is 142 Å². The Balaban J connectivity index is 2.24. The van der Waals surface area contributed by atoms with Crippen molar-refractivity contribution in [1.29, 1.82) is 0 Å². The van der Waals surface area contributed by atoms with Crippen LogP contribution < -0.4 is 0 Å². The third kappa shape index (κ3) is 3.67. The summed E-state index contributed by atoms with van der Waals surface area (Å²) in [5, 5.41) is 10.1. The van der Waals surface area contributed by atoms with Gasteiger partial charge in [0.05, 0.1) is 18.1 Å². The summed E-state index contributed by atoms with van der Waals surface area (Å²) in [6.45, 7) is 9.28. The van der Waals surface area contributed by atoms with Crippen LogP contribution in [-0.4, -0.2) is 34.2 Å². The summed E-state index contributed by atoms with van der Waals surface area (Å²) in [5.74, 6) is -0.911. The molecule has 0 saturated carbocycles. The Morgan fingerprint density at radius 2 is 2.00 bits per heavy atom. The van der Waals surface area contributed by atoms with Crippen molar-refractivity contribution in [2.24, 2.45) is 11.8 Å². The molecule has 1 saturated heterocycles.